The molecule has 21 heavy (non-hydrogen) atoms. The van der Waals surface area contributed by atoms with Gasteiger partial charge in [0.1, 0.15) is 10.7 Å². The first kappa shape index (κ1) is 15.0. The van der Waals surface area contributed by atoms with Crippen LogP contribution in [0.1, 0.15) is 11.1 Å². The number of hydrogen-bond acceptors (Lipinski definition) is 3. The number of ether oxygens (including phenoxy) is 1. The summed E-state index contributed by atoms with van der Waals surface area (Å²) in [4.78, 5) is 12.2. The number of amides is 1. The maximum atomic E-state index is 11.9. The number of anilines is 1. The fourth-order valence-electron chi connectivity index (χ4n) is 1.81. The second kappa shape index (κ2) is 6.85. The maximum Gasteiger partial charge on any atom is 0.262 e. The van der Waals surface area contributed by atoms with Crippen molar-refractivity contribution in [2.24, 2.45) is 5.73 Å². The van der Waals surface area contributed by atoms with Crippen LogP contribution in [0.3, 0.4) is 0 Å². The van der Waals surface area contributed by atoms with Crippen molar-refractivity contribution >= 4 is 28.8 Å². The van der Waals surface area contributed by atoms with E-state index in [-0.39, 0.29) is 12.5 Å². The Labute approximate surface area is 128 Å². The number of hydrogen-bond donors (Lipinski definition) is 2. The molecule has 0 saturated heterocycles. The zero-order valence-electron chi connectivity index (χ0n) is 11.6. The fraction of sp³-hybridized carbons (Fsp3) is 0.125. The summed E-state index contributed by atoms with van der Waals surface area (Å²) < 4.78 is 5.49. The molecule has 3 N–H and O–H groups in total. The van der Waals surface area contributed by atoms with Crippen LogP contribution in [0.2, 0.25) is 0 Å². The average Bonchev–Trinajstić information content (AvgIpc) is 2.46. The van der Waals surface area contributed by atoms with Crippen molar-refractivity contribution in [2.45, 2.75) is 6.92 Å². The van der Waals surface area contributed by atoms with Crippen LogP contribution in [-0.4, -0.2) is 17.5 Å². The lowest BCUT2D eigenvalue weighted by Crippen LogP contribution is -2.20. The lowest BCUT2D eigenvalue weighted by atomic mass is 10.2. The minimum Gasteiger partial charge on any atom is -0.483 e. The number of aryl methyl sites for hydroxylation is 1. The first-order chi connectivity index (χ1) is 10.1. The molecule has 0 aliphatic carbocycles. The van der Waals surface area contributed by atoms with Gasteiger partial charge in [0.25, 0.3) is 5.91 Å². The van der Waals surface area contributed by atoms with E-state index in [1.54, 1.807) is 24.3 Å². The molecule has 0 saturated carbocycles. The highest BCUT2D eigenvalue weighted by Crippen LogP contribution is 2.16. The highest BCUT2D eigenvalue weighted by atomic mass is 32.1. The molecule has 0 aromatic heterocycles. The van der Waals surface area contributed by atoms with E-state index in [4.69, 9.17) is 22.7 Å². The molecule has 0 atom stereocenters. The summed E-state index contributed by atoms with van der Waals surface area (Å²) in [5, 5.41) is 2.75. The van der Waals surface area contributed by atoms with Gasteiger partial charge in [0.15, 0.2) is 6.61 Å². The second-order valence-corrected chi connectivity index (χ2v) is 4.99. The van der Waals surface area contributed by atoms with Gasteiger partial charge in [0.2, 0.25) is 0 Å². The number of para-hydroxylation sites is 1. The van der Waals surface area contributed by atoms with E-state index in [0.29, 0.717) is 22.0 Å². The summed E-state index contributed by atoms with van der Waals surface area (Å²) in [6.07, 6.45) is 0. The summed E-state index contributed by atoms with van der Waals surface area (Å²) in [6.45, 7) is 1.88. The van der Waals surface area contributed by atoms with Crippen molar-refractivity contribution in [1.29, 1.82) is 0 Å². The summed E-state index contributed by atoms with van der Waals surface area (Å²) in [6, 6.07) is 14.6. The van der Waals surface area contributed by atoms with Gasteiger partial charge in [-0.15, -0.1) is 0 Å². The average molecular weight is 300 g/mol. The highest BCUT2D eigenvalue weighted by molar-refractivity contribution is 7.80. The molecular weight excluding hydrogens is 284 g/mol. The molecule has 108 valence electrons. The highest BCUT2D eigenvalue weighted by Gasteiger charge is 2.06. The van der Waals surface area contributed by atoms with E-state index >= 15 is 0 Å². The van der Waals surface area contributed by atoms with Gasteiger partial charge in [0, 0.05) is 11.3 Å². The summed E-state index contributed by atoms with van der Waals surface area (Å²) >= 11 is 4.91. The van der Waals surface area contributed by atoms with Gasteiger partial charge >= 0.3 is 0 Å². The van der Waals surface area contributed by atoms with Crippen LogP contribution >= 0.6 is 12.2 Å². The van der Waals surface area contributed by atoms with E-state index in [1.165, 1.54) is 0 Å². The molecule has 2 aromatic rings. The lowest BCUT2D eigenvalue weighted by molar-refractivity contribution is -0.118. The van der Waals surface area contributed by atoms with Crippen LogP contribution in [0.5, 0.6) is 5.75 Å². The molecule has 0 aliphatic rings. The molecule has 0 spiro atoms. The summed E-state index contributed by atoms with van der Waals surface area (Å²) in [5.41, 5.74) is 7.89. The largest absolute Gasteiger partial charge is 0.483 e. The molecule has 0 radical (unpaired) electrons. The minimum atomic E-state index is -0.238. The fourth-order valence-corrected chi connectivity index (χ4v) is 1.94. The Bertz CT molecular complexity index is 671. The van der Waals surface area contributed by atoms with Crippen molar-refractivity contribution in [1.82, 2.24) is 0 Å². The predicted octanol–water partition coefficient (Wildman–Crippen LogP) is 2.65. The molecule has 0 bridgehead atoms. The van der Waals surface area contributed by atoms with Gasteiger partial charge in [-0.1, -0.05) is 42.5 Å². The standard InChI is InChI=1S/C16H16N2O2S/c1-11-5-2-3-8-14(11)20-10-15(19)18-13-7-4-6-12(9-13)16(17)21/h2-9H,10H2,1H3,(H2,17,21)(H,18,19). The molecule has 1 amide bonds. The molecule has 0 unspecified atom stereocenters. The van der Waals surface area contributed by atoms with E-state index in [9.17, 15) is 4.79 Å². The molecule has 4 nitrogen and oxygen atoms in total. The third-order valence-electron chi connectivity index (χ3n) is 2.88. The van der Waals surface area contributed by atoms with Gasteiger partial charge in [-0.25, -0.2) is 0 Å². The van der Waals surface area contributed by atoms with Crippen molar-refractivity contribution in [3.8, 4) is 5.75 Å². The zero-order valence-corrected chi connectivity index (χ0v) is 12.4. The molecule has 0 heterocycles. The van der Waals surface area contributed by atoms with Crippen molar-refractivity contribution < 1.29 is 9.53 Å². The van der Waals surface area contributed by atoms with Crippen LogP contribution in [0.15, 0.2) is 48.5 Å². The minimum absolute atomic E-state index is 0.0534. The number of nitrogens with one attached hydrogen (secondary N) is 1. The van der Waals surface area contributed by atoms with Gasteiger partial charge in [0.05, 0.1) is 0 Å². The van der Waals surface area contributed by atoms with E-state index in [1.807, 2.05) is 31.2 Å². The van der Waals surface area contributed by atoms with E-state index in [0.717, 1.165) is 5.56 Å². The zero-order chi connectivity index (χ0) is 15.2. The van der Waals surface area contributed by atoms with Crippen LogP contribution in [0.4, 0.5) is 5.69 Å². The number of carbonyl (C=O) groups excluding carboxylic acids is 1. The van der Waals surface area contributed by atoms with Gasteiger partial charge < -0.3 is 15.8 Å². The third kappa shape index (κ3) is 4.29. The van der Waals surface area contributed by atoms with Crippen LogP contribution in [-0.2, 0) is 4.79 Å². The topological polar surface area (TPSA) is 64.3 Å². The number of nitrogens with two attached hydrogens (primary N) is 1. The Balaban J connectivity index is 1.95. The lowest BCUT2D eigenvalue weighted by Gasteiger charge is -2.10. The van der Waals surface area contributed by atoms with Crippen molar-refractivity contribution in [3.63, 3.8) is 0 Å². The van der Waals surface area contributed by atoms with Crippen LogP contribution in [0.25, 0.3) is 0 Å². The molecule has 2 rings (SSSR count). The summed E-state index contributed by atoms with van der Waals surface area (Å²) in [5.74, 6) is 0.461. The van der Waals surface area contributed by atoms with Gasteiger partial charge in [-0.05, 0) is 30.7 Å². The van der Waals surface area contributed by atoms with Crippen LogP contribution < -0.4 is 15.8 Å². The second-order valence-electron chi connectivity index (χ2n) is 4.55. The smallest absolute Gasteiger partial charge is 0.262 e. The SMILES string of the molecule is Cc1ccccc1OCC(=O)Nc1cccc(C(N)=S)c1. The molecule has 0 fully saturated rings. The Hall–Kier alpha value is -2.40. The number of rotatable bonds is 5. The predicted molar refractivity (Wildman–Crippen MR) is 87.6 cm³/mol. The summed E-state index contributed by atoms with van der Waals surface area (Å²) in [7, 11) is 0. The van der Waals surface area contributed by atoms with E-state index in [2.05, 4.69) is 5.32 Å². The normalized spacial score (nSPS) is 9.95. The van der Waals surface area contributed by atoms with Gasteiger partial charge in [-0.3, -0.25) is 4.79 Å². The van der Waals surface area contributed by atoms with Crippen LogP contribution in [0, 0.1) is 6.92 Å². The van der Waals surface area contributed by atoms with Crippen molar-refractivity contribution in [2.75, 3.05) is 11.9 Å². The first-order valence-corrected chi connectivity index (χ1v) is 6.85. The van der Waals surface area contributed by atoms with Crippen molar-refractivity contribution in [3.05, 3.63) is 59.7 Å². The first-order valence-electron chi connectivity index (χ1n) is 6.44. The Morgan fingerprint density at radius 1 is 1.24 bits per heavy atom. The third-order valence-corrected chi connectivity index (χ3v) is 3.12. The number of thiocarbonyl (C=S) groups is 1. The molecule has 0 aliphatic heterocycles. The van der Waals surface area contributed by atoms with Gasteiger partial charge in [-0.2, -0.15) is 0 Å². The Morgan fingerprint density at radius 2 is 2.00 bits per heavy atom. The monoisotopic (exact) mass is 300 g/mol. The number of carbonyl (C=O) groups is 1. The Kier molecular flexibility index (Phi) is 4.90. The Morgan fingerprint density at radius 3 is 2.71 bits per heavy atom. The quantitative estimate of drug-likeness (QED) is 0.833. The number of benzene rings is 2. The molecule has 2 aromatic carbocycles. The van der Waals surface area contributed by atoms with E-state index < -0.39 is 0 Å². The molecular formula is C16H16N2O2S. The maximum absolute atomic E-state index is 11.9. The molecule has 5 heteroatoms.